The van der Waals surface area contributed by atoms with Gasteiger partial charge < -0.3 is 4.74 Å². The first-order valence-corrected chi connectivity index (χ1v) is 2.87. The van der Waals surface area contributed by atoms with E-state index in [1.54, 1.807) is 18.3 Å². The van der Waals surface area contributed by atoms with E-state index in [1.807, 2.05) is 0 Å². The molecule has 0 radical (unpaired) electrons. The predicted molar refractivity (Wildman–Crippen MR) is 50.0 cm³/mol. The molecule has 0 N–H and O–H groups in total. The Kier molecular flexibility index (Phi) is 7.90. The number of carbonyl (C=O) groups excluding carboxylic acids is 1. The molecule has 0 saturated heterocycles. The van der Waals surface area contributed by atoms with Crippen molar-refractivity contribution in [2.24, 2.45) is 0 Å². The number of hydrogen-bond acceptors (Lipinski definition) is 3. The van der Waals surface area contributed by atoms with Crippen LogP contribution >= 0.6 is 24.8 Å². The lowest BCUT2D eigenvalue weighted by Crippen LogP contribution is -2.00. The summed E-state index contributed by atoms with van der Waals surface area (Å²) in [5, 5.41) is 0. The summed E-state index contributed by atoms with van der Waals surface area (Å²) in [6.45, 7) is 1.35. The van der Waals surface area contributed by atoms with Gasteiger partial charge in [0.1, 0.15) is 5.75 Å². The zero-order valence-corrected chi connectivity index (χ0v) is 8.02. The molecule has 0 atom stereocenters. The van der Waals surface area contributed by atoms with Gasteiger partial charge in [-0.05, 0) is 12.1 Å². The van der Waals surface area contributed by atoms with Gasteiger partial charge in [-0.3, -0.25) is 9.78 Å². The Bertz CT molecular complexity index is 228. The van der Waals surface area contributed by atoms with E-state index in [9.17, 15) is 4.79 Å². The molecule has 0 unspecified atom stereocenters. The van der Waals surface area contributed by atoms with Gasteiger partial charge in [-0.15, -0.1) is 24.8 Å². The fourth-order valence-electron chi connectivity index (χ4n) is 0.573. The van der Waals surface area contributed by atoms with Gasteiger partial charge in [-0.1, -0.05) is 0 Å². The van der Waals surface area contributed by atoms with E-state index in [-0.39, 0.29) is 30.8 Å². The Morgan fingerprint density at radius 3 is 2.58 bits per heavy atom. The molecule has 0 aromatic carbocycles. The van der Waals surface area contributed by atoms with Crippen LogP contribution in [0.5, 0.6) is 5.75 Å². The summed E-state index contributed by atoms with van der Waals surface area (Å²) in [6.07, 6.45) is 3.11. The molecular weight excluding hydrogens is 201 g/mol. The minimum absolute atomic E-state index is 0. The Labute approximate surface area is 83.0 Å². The lowest BCUT2D eigenvalue weighted by molar-refractivity contribution is -0.131. The summed E-state index contributed by atoms with van der Waals surface area (Å²) in [7, 11) is 0. The number of hydrogen-bond donors (Lipinski definition) is 0. The second-order valence-electron chi connectivity index (χ2n) is 1.78. The summed E-state index contributed by atoms with van der Waals surface area (Å²) in [6, 6.07) is 3.38. The van der Waals surface area contributed by atoms with Crippen LogP contribution in [-0.2, 0) is 4.79 Å². The number of aromatic nitrogens is 1. The predicted octanol–water partition coefficient (Wildman–Crippen LogP) is 1.85. The molecular formula is C7H9Cl2NO2. The third-order valence-corrected chi connectivity index (χ3v) is 0.896. The van der Waals surface area contributed by atoms with Crippen molar-refractivity contribution in [2.45, 2.75) is 6.92 Å². The third-order valence-electron chi connectivity index (χ3n) is 0.896. The Morgan fingerprint density at radius 1 is 1.50 bits per heavy atom. The van der Waals surface area contributed by atoms with Crippen molar-refractivity contribution in [3.8, 4) is 5.75 Å². The first-order valence-electron chi connectivity index (χ1n) is 2.87. The van der Waals surface area contributed by atoms with Crippen molar-refractivity contribution in [2.75, 3.05) is 0 Å². The molecule has 0 aliphatic heterocycles. The molecule has 0 aliphatic rings. The smallest absolute Gasteiger partial charge is 0.308 e. The quantitative estimate of drug-likeness (QED) is 0.664. The van der Waals surface area contributed by atoms with Crippen molar-refractivity contribution in [3.63, 3.8) is 0 Å². The van der Waals surface area contributed by atoms with E-state index in [1.165, 1.54) is 13.1 Å². The fraction of sp³-hybridized carbons (Fsp3) is 0.143. The maximum Gasteiger partial charge on any atom is 0.308 e. The Morgan fingerprint density at radius 2 is 2.17 bits per heavy atom. The van der Waals surface area contributed by atoms with E-state index in [2.05, 4.69) is 4.98 Å². The van der Waals surface area contributed by atoms with Crippen LogP contribution in [0.15, 0.2) is 24.5 Å². The van der Waals surface area contributed by atoms with Crippen molar-refractivity contribution < 1.29 is 9.53 Å². The van der Waals surface area contributed by atoms with Crippen LogP contribution in [0.4, 0.5) is 0 Å². The standard InChI is InChI=1S/C7H7NO2.2ClH/c1-6(9)10-7-3-2-4-8-5-7;;/h2-5H,1H3;2*1H. The maximum absolute atomic E-state index is 10.4. The average Bonchev–Trinajstić information content (AvgIpc) is 1.88. The minimum Gasteiger partial charge on any atom is -0.425 e. The molecule has 3 nitrogen and oxygen atoms in total. The molecule has 0 amide bonds. The normalized spacial score (nSPS) is 7.42. The highest BCUT2D eigenvalue weighted by Gasteiger charge is 1.93. The first kappa shape index (κ1) is 13.8. The highest BCUT2D eigenvalue weighted by Crippen LogP contribution is 2.05. The molecule has 68 valence electrons. The molecule has 0 spiro atoms. The van der Waals surface area contributed by atoms with Crippen LogP contribution in [0.1, 0.15) is 6.92 Å². The number of halogens is 2. The maximum atomic E-state index is 10.4. The van der Waals surface area contributed by atoms with Gasteiger partial charge in [0.2, 0.25) is 0 Å². The monoisotopic (exact) mass is 209 g/mol. The number of nitrogens with zero attached hydrogens (tertiary/aromatic N) is 1. The van der Waals surface area contributed by atoms with Crippen molar-refractivity contribution in [1.82, 2.24) is 4.98 Å². The highest BCUT2D eigenvalue weighted by atomic mass is 35.5. The van der Waals surface area contributed by atoms with Crippen LogP contribution < -0.4 is 4.74 Å². The summed E-state index contributed by atoms with van der Waals surface area (Å²) < 4.78 is 4.71. The van der Waals surface area contributed by atoms with Crippen LogP contribution in [0, 0.1) is 0 Å². The van der Waals surface area contributed by atoms with Crippen LogP contribution in [0.2, 0.25) is 0 Å². The van der Waals surface area contributed by atoms with Gasteiger partial charge in [-0.2, -0.15) is 0 Å². The van der Waals surface area contributed by atoms with Gasteiger partial charge >= 0.3 is 5.97 Å². The topological polar surface area (TPSA) is 39.2 Å². The number of rotatable bonds is 1. The number of esters is 1. The zero-order chi connectivity index (χ0) is 7.40. The summed E-state index contributed by atoms with van der Waals surface area (Å²) in [5.41, 5.74) is 0. The second kappa shape index (κ2) is 6.88. The van der Waals surface area contributed by atoms with Crippen molar-refractivity contribution >= 4 is 30.8 Å². The molecule has 1 aromatic rings. The molecule has 5 heteroatoms. The lowest BCUT2D eigenvalue weighted by Gasteiger charge is -1.96. The number of carbonyl (C=O) groups is 1. The molecule has 0 fully saturated rings. The van der Waals surface area contributed by atoms with Crippen LogP contribution in [0.3, 0.4) is 0 Å². The zero-order valence-electron chi connectivity index (χ0n) is 6.39. The van der Waals surface area contributed by atoms with Gasteiger partial charge in [0.25, 0.3) is 0 Å². The molecule has 1 rings (SSSR count). The molecule has 0 saturated carbocycles. The molecule has 1 aromatic heterocycles. The van der Waals surface area contributed by atoms with Crippen LogP contribution in [0.25, 0.3) is 0 Å². The van der Waals surface area contributed by atoms with Gasteiger partial charge in [0.05, 0.1) is 6.20 Å². The van der Waals surface area contributed by atoms with E-state index < -0.39 is 0 Å². The van der Waals surface area contributed by atoms with E-state index >= 15 is 0 Å². The number of ether oxygens (including phenoxy) is 1. The highest BCUT2D eigenvalue weighted by molar-refractivity contribution is 5.85. The third kappa shape index (κ3) is 4.93. The van der Waals surface area contributed by atoms with Gasteiger partial charge in [0.15, 0.2) is 0 Å². The first-order chi connectivity index (χ1) is 4.79. The number of pyridine rings is 1. The average molecular weight is 210 g/mol. The fourth-order valence-corrected chi connectivity index (χ4v) is 0.573. The largest absolute Gasteiger partial charge is 0.425 e. The summed E-state index contributed by atoms with van der Waals surface area (Å²) in [4.78, 5) is 14.1. The van der Waals surface area contributed by atoms with Crippen molar-refractivity contribution in [1.29, 1.82) is 0 Å². The molecule has 0 aliphatic carbocycles. The van der Waals surface area contributed by atoms with E-state index in [0.717, 1.165) is 0 Å². The minimum atomic E-state index is -0.326. The second-order valence-corrected chi connectivity index (χ2v) is 1.78. The van der Waals surface area contributed by atoms with Crippen molar-refractivity contribution in [3.05, 3.63) is 24.5 Å². The summed E-state index contributed by atoms with van der Waals surface area (Å²) in [5.74, 6) is 0.156. The Hall–Kier alpha value is -0.800. The molecule has 12 heavy (non-hydrogen) atoms. The van der Waals surface area contributed by atoms with E-state index in [4.69, 9.17) is 4.74 Å². The molecule has 1 heterocycles. The van der Waals surface area contributed by atoms with Crippen LogP contribution in [-0.4, -0.2) is 11.0 Å². The lowest BCUT2D eigenvalue weighted by atomic mass is 10.5. The summed E-state index contributed by atoms with van der Waals surface area (Å²) >= 11 is 0. The van der Waals surface area contributed by atoms with Gasteiger partial charge in [-0.25, -0.2) is 0 Å². The Balaban J connectivity index is 0. The van der Waals surface area contributed by atoms with E-state index in [0.29, 0.717) is 5.75 Å². The molecule has 0 bridgehead atoms. The SMILES string of the molecule is CC(=O)Oc1cccnc1.Cl.Cl. The van der Waals surface area contributed by atoms with Gasteiger partial charge in [0, 0.05) is 13.1 Å².